The van der Waals surface area contributed by atoms with Crippen LogP contribution in [0.5, 0.6) is 17.2 Å². The maximum Gasteiger partial charge on any atom is 0.271 e. The van der Waals surface area contributed by atoms with E-state index >= 15 is 0 Å². The topological polar surface area (TPSA) is 80.2 Å². The second-order valence-corrected chi connectivity index (χ2v) is 4.36. The first-order valence-electron chi connectivity index (χ1n) is 6.48. The quantitative estimate of drug-likeness (QED) is 0.655. The van der Waals surface area contributed by atoms with Crippen LogP contribution in [0.3, 0.4) is 0 Å². The van der Waals surface area contributed by atoms with Crippen molar-refractivity contribution < 1.29 is 19.4 Å². The number of hydrogen-bond donors (Lipinski definition) is 2. The van der Waals surface area contributed by atoms with Crippen molar-refractivity contribution in [2.45, 2.75) is 0 Å². The molecule has 0 unspecified atom stereocenters. The summed E-state index contributed by atoms with van der Waals surface area (Å²) in [6.07, 6.45) is 1.37. The number of para-hydroxylation sites is 1. The number of methoxy groups -OCH3 is 2. The number of aromatic hydroxyl groups is 1. The van der Waals surface area contributed by atoms with E-state index in [1.54, 1.807) is 36.4 Å². The van der Waals surface area contributed by atoms with Crippen LogP contribution in [0.2, 0.25) is 0 Å². The monoisotopic (exact) mass is 300 g/mol. The summed E-state index contributed by atoms with van der Waals surface area (Å²) >= 11 is 0. The van der Waals surface area contributed by atoms with Gasteiger partial charge >= 0.3 is 0 Å². The second kappa shape index (κ2) is 7.12. The Morgan fingerprint density at radius 3 is 2.36 bits per heavy atom. The largest absolute Gasteiger partial charge is 0.507 e. The van der Waals surface area contributed by atoms with Crippen LogP contribution in [-0.2, 0) is 0 Å². The molecule has 22 heavy (non-hydrogen) atoms. The Morgan fingerprint density at radius 1 is 1.14 bits per heavy atom. The van der Waals surface area contributed by atoms with Crippen molar-refractivity contribution in [1.82, 2.24) is 5.43 Å². The zero-order valence-electron chi connectivity index (χ0n) is 12.2. The van der Waals surface area contributed by atoms with Crippen molar-refractivity contribution in [3.8, 4) is 17.2 Å². The van der Waals surface area contributed by atoms with E-state index < -0.39 is 5.91 Å². The summed E-state index contributed by atoms with van der Waals surface area (Å²) in [5.74, 6) is 0.691. The smallest absolute Gasteiger partial charge is 0.271 e. The molecular weight excluding hydrogens is 284 g/mol. The molecule has 114 valence electrons. The van der Waals surface area contributed by atoms with Gasteiger partial charge in [0.05, 0.1) is 20.4 Å². The number of carbonyl (C=O) groups is 1. The molecule has 1 amide bonds. The van der Waals surface area contributed by atoms with E-state index in [0.717, 1.165) is 0 Å². The minimum Gasteiger partial charge on any atom is -0.507 e. The molecule has 0 radical (unpaired) electrons. The first kappa shape index (κ1) is 15.4. The predicted octanol–water partition coefficient (Wildman–Crippen LogP) is 2.17. The highest BCUT2D eigenvalue weighted by Gasteiger charge is 2.09. The van der Waals surface area contributed by atoms with Gasteiger partial charge in [0.15, 0.2) is 0 Å². The molecule has 0 saturated heterocycles. The fourth-order valence-electron chi connectivity index (χ4n) is 1.76. The minimum absolute atomic E-state index is 0.0866. The zero-order valence-corrected chi connectivity index (χ0v) is 12.2. The van der Waals surface area contributed by atoms with Crippen molar-refractivity contribution in [2.24, 2.45) is 5.10 Å². The lowest BCUT2D eigenvalue weighted by atomic mass is 10.2. The number of hydrogen-bond acceptors (Lipinski definition) is 5. The Kier molecular flexibility index (Phi) is 4.98. The van der Waals surface area contributed by atoms with E-state index in [4.69, 9.17) is 9.47 Å². The number of rotatable bonds is 5. The normalized spacial score (nSPS) is 10.5. The van der Waals surface area contributed by atoms with Gasteiger partial charge in [0, 0.05) is 17.2 Å². The Labute approximate surface area is 128 Å². The lowest BCUT2D eigenvalue weighted by Crippen LogP contribution is -2.17. The van der Waals surface area contributed by atoms with E-state index in [-0.39, 0.29) is 5.75 Å². The molecule has 0 aromatic heterocycles. The maximum atomic E-state index is 12.1. The SMILES string of the molecule is COc1cc(OC)cc(C(=O)N/N=C/c2ccccc2O)c1. The molecule has 6 nitrogen and oxygen atoms in total. The van der Waals surface area contributed by atoms with Gasteiger partial charge in [0.25, 0.3) is 5.91 Å². The summed E-state index contributed by atoms with van der Waals surface area (Å²) in [4.78, 5) is 12.1. The molecule has 0 bridgehead atoms. The van der Waals surface area contributed by atoms with Crippen LogP contribution in [0, 0.1) is 0 Å². The molecule has 2 rings (SSSR count). The lowest BCUT2D eigenvalue weighted by molar-refractivity contribution is 0.0954. The molecular formula is C16H16N2O4. The molecule has 0 aliphatic rings. The highest BCUT2D eigenvalue weighted by Crippen LogP contribution is 2.22. The van der Waals surface area contributed by atoms with E-state index in [1.165, 1.54) is 26.5 Å². The summed E-state index contributed by atoms with van der Waals surface area (Å²) in [6.45, 7) is 0. The van der Waals surface area contributed by atoms with Gasteiger partial charge in [-0.1, -0.05) is 12.1 Å². The van der Waals surface area contributed by atoms with Crippen molar-refractivity contribution in [3.05, 3.63) is 53.6 Å². The van der Waals surface area contributed by atoms with Gasteiger partial charge in [-0.05, 0) is 24.3 Å². The average molecular weight is 300 g/mol. The summed E-state index contributed by atoms with van der Waals surface area (Å²) in [5, 5.41) is 13.4. The Bertz CT molecular complexity index is 676. The number of amides is 1. The third-order valence-corrected chi connectivity index (χ3v) is 2.92. The molecule has 0 aliphatic carbocycles. The van der Waals surface area contributed by atoms with Crippen LogP contribution in [0.1, 0.15) is 15.9 Å². The summed E-state index contributed by atoms with van der Waals surface area (Å²) in [5.41, 5.74) is 3.24. The number of phenols is 1. The fourth-order valence-corrected chi connectivity index (χ4v) is 1.76. The number of hydrazone groups is 1. The summed E-state index contributed by atoms with van der Waals surface area (Å²) in [6, 6.07) is 11.5. The Hall–Kier alpha value is -3.02. The minimum atomic E-state index is -0.413. The van der Waals surface area contributed by atoms with E-state index in [0.29, 0.717) is 22.6 Å². The molecule has 2 aromatic rings. The fraction of sp³-hybridized carbons (Fsp3) is 0.125. The highest BCUT2D eigenvalue weighted by atomic mass is 16.5. The third kappa shape index (κ3) is 3.76. The van der Waals surface area contributed by atoms with Crippen LogP contribution >= 0.6 is 0 Å². The van der Waals surface area contributed by atoms with Gasteiger partial charge in [0.2, 0.25) is 0 Å². The number of nitrogens with one attached hydrogen (secondary N) is 1. The maximum absolute atomic E-state index is 12.1. The lowest BCUT2D eigenvalue weighted by Gasteiger charge is -2.07. The Balaban J connectivity index is 2.11. The Morgan fingerprint density at radius 2 is 1.77 bits per heavy atom. The predicted molar refractivity (Wildman–Crippen MR) is 82.7 cm³/mol. The molecule has 0 atom stereocenters. The van der Waals surface area contributed by atoms with Gasteiger partial charge in [0.1, 0.15) is 17.2 Å². The molecule has 6 heteroatoms. The summed E-state index contributed by atoms with van der Waals surface area (Å²) < 4.78 is 10.2. The van der Waals surface area contributed by atoms with Crippen LogP contribution in [0.25, 0.3) is 0 Å². The van der Waals surface area contributed by atoms with Crippen molar-refractivity contribution in [2.75, 3.05) is 14.2 Å². The first-order valence-corrected chi connectivity index (χ1v) is 6.48. The standard InChI is InChI=1S/C16H16N2O4/c1-21-13-7-12(8-14(9-13)22-2)16(20)18-17-10-11-5-3-4-6-15(11)19/h3-10,19H,1-2H3,(H,18,20)/b17-10+. The van der Waals surface area contributed by atoms with Crippen molar-refractivity contribution in [3.63, 3.8) is 0 Å². The molecule has 0 saturated carbocycles. The molecule has 0 aliphatic heterocycles. The number of benzene rings is 2. The van der Waals surface area contributed by atoms with Crippen LogP contribution < -0.4 is 14.9 Å². The van der Waals surface area contributed by atoms with E-state index in [9.17, 15) is 9.90 Å². The number of nitrogens with zero attached hydrogens (tertiary/aromatic N) is 1. The average Bonchev–Trinajstić information content (AvgIpc) is 2.55. The van der Waals surface area contributed by atoms with Gasteiger partial charge in [-0.15, -0.1) is 0 Å². The third-order valence-electron chi connectivity index (χ3n) is 2.92. The molecule has 0 heterocycles. The number of ether oxygens (including phenoxy) is 2. The van der Waals surface area contributed by atoms with Gasteiger partial charge in [-0.3, -0.25) is 4.79 Å². The van der Waals surface area contributed by atoms with E-state index in [1.807, 2.05) is 0 Å². The number of phenolic OH excluding ortho intramolecular Hbond substituents is 1. The second-order valence-electron chi connectivity index (χ2n) is 4.36. The molecule has 2 aromatic carbocycles. The van der Waals surface area contributed by atoms with Crippen LogP contribution in [0.4, 0.5) is 0 Å². The first-order chi connectivity index (χ1) is 10.6. The van der Waals surface area contributed by atoms with Crippen molar-refractivity contribution >= 4 is 12.1 Å². The zero-order chi connectivity index (χ0) is 15.9. The molecule has 0 fully saturated rings. The molecule has 0 spiro atoms. The van der Waals surface area contributed by atoms with E-state index in [2.05, 4.69) is 10.5 Å². The summed E-state index contributed by atoms with van der Waals surface area (Å²) in [7, 11) is 3.01. The number of carbonyl (C=O) groups excluding carboxylic acids is 1. The van der Waals surface area contributed by atoms with Gasteiger partial charge < -0.3 is 14.6 Å². The highest BCUT2D eigenvalue weighted by molar-refractivity contribution is 5.95. The molecule has 2 N–H and O–H groups in total. The van der Waals surface area contributed by atoms with Crippen molar-refractivity contribution in [1.29, 1.82) is 0 Å². The van der Waals surface area contributed by atoms with Gasteiger partial charge in [-0.2, -0.15) is 5.10 Å². The van der Waals surface area contributed by atoms with Crippen LogP contribution in [0.15, 0.2) is 47.6 Å². The van der Waals surface area contributed by atoms with Gasteiger partial charge in [-0.25, -0.2) is 5.43 Å². The van der Waals surface area contributed by atoms with Crippen LogP contribution in [-0.4, -0.2) is 31.4 Å².